The largest absolute Gasteiger partial charge is 0.357 e. The van der Waals surface area contributed by atoms with Gasteiger partial charge in [-0.05, 0) is 52.5 Å². The molecule has 0 spiro atoms. The Kier molecular flexibility index (Phi) is 11.5. The zero-order valence-electron chi connectivity index (χ0n) is 14.5. The summed E-state index contributed by atoms with van der Waals surface area (Å²) in [6.07, 6.45) is 5.20. The first-order chi connectivity index (χ1) is 9.54. The highest BCUT2D eigenvalue weighted by Crippen LogP contribution is 2.26. The Morgan fingerprint density at radius 2 is 1.90 bits per heavy atom. The summed E-state index contributed by atoms with van der Waals surface area (Å²) in [5.41, 5.74) is 0. The van der Waals surface area contributed by atoms with Crippen molar-refractivity contribution in [3.05, 3.63) is 0 Å². The van der Waals surface area contributed by atoms with Gasteiger partial charge >= 0.3 is 0 Å². The van der Waals surface area contributed by atoms with Gasteiger partial charge in [-0.15, -0.1) is 24.0 Å². The van der Waals surface area contributed by atoms with E-state index in [1.165, 1.54) is 25.7 Å². The summed E-state index contributed by atoms with van der Waals surface area (Å²) in [5.74, 6) is 1.75. The summed E-state index contributed by atoms with van der Waals surface area (Å²) in [7, 11) is 2.22. The second-order valence-corrected chi connectivity index (χ2v) is 6.43. The van der Waals surface area contributed by atoms with Crippen LogP contribution in [0.25, 0.3) is 0 Å². The lowest BCUT2D eigenvalue weighted by Crippen LogP contribution is -2.40. The number of aliphatic imine (C=N–C) groups is 1. The number of hydrogen-bond acceptors (Lipinski definition) is 2. The van der Waals surface area contributed by atoms with Crippen LogP contribution in [-0.2, 0) is 0 Å². The molecule has 1 unspecified atom stereocenters. The molecule has 0 aromatic heterocycles. The molecule has 2 N–H and O–H groups in total. The molecule has 0 aliphatic heterocycles. The first kappa shape index (κ1) is 21.0. The molecule has 126 valence electrons. The second-order valence-electron chi connectivity index (χ2n) is 6.43. The van der Waals surface area contributed by atoms with Crippen LogP contribution in [0.1, 0.15) is 53.4 Å². The average Bonchev–Trinajstić information content (AvgIpc) is 3.23. The van der Waals surface area contributed by atoms with E-state index in [0.29, 0.717) is 6.04 Å². The molecule has 0 saturated heterocycles. The molecular formula is C16H35IN4. The van der Waals surface area contributed by atoms with Crippen LogP contribution in [0.15, 0.2) is 4.99 Å². The van der Waals surface area contributed by atoms with E-state index in [0.717, 1.165) is 37.6 Å². The van der Waals surface area contributed by atoms with Crippen molar-refractivity contribution in [2.24, 2.45) is 10.9 Å². The smallest absolute Gasteiger partial charge is 0.191 e. The minimum atomic E-state index is 0. The zero-order valence-corrected chi connectivity index (χ0v) is 16.8. The lowest BCUT2D eigenvalue weighted by molar-refractivity contribution is 0.253. The standard InChI is InChI=1S/C16H34N4.HI/c1-6-17-16(18-11-7-8-13(2)3)19-12-14(4)20(5)15-9-10-15;/h13-15H,6-12H2,1-5H3,(H2,17,18,19);1H. The van der Waals surface area contributed by atoms with E-state index in [-0.39, 0.29) is 24.0 Å². The first-order valence-corrected chi connectivity index (χ1v) is 8.28. The van der Waals surface area contributed by atoms with Gasteiger partial charge in [-0.25, -0.2) is 0 Å². The maximum Gasteiger partial charge on any atom is 0.191 e. The average molecular weight is 410 g/mol. The van der Waals surface area contributed by atoms with Crippen LogP contribution in [0.5, 0.6) is 0 Å². The number of guanidine groups is 1. The lowest BCUT2D eigenvalue weighted by atomic mass is 10.1. The summed E-state index contributed by atoms with van der Waals surface area (Å²) in [4.78, 5) is 7.18. The fourth-order valence-electron chi connectivity index (χ4n) is 2.25. The van der Waals surface area contributed by atoms with E-state index in [4.69, 9.17) is 4.99 Å². The molecule has 1 aliphatic carbocycles. The van der Waals surface area contributed by atoms with Gasteiger partial charge in [0, 0.05) is 25.2 Å². The van der Waals surface area contributed by atoms with Crippen molar-refractivity contribution in [3.63, 3.8) is 0 Å². The Morgan fingerprint density at radius 3 is 2.43 bits per heavy atom. The van der Waals surface area contributed by atoms with E-state index in [9.17, 15) is 0 Å². The summed E-state index contributed by atoms with van der Waals surface area (Å²) < 4.78 is 0. The zero-order chi connectivity index (χ0) is 15.0. The fourth-order valence-corrected chi connectivity index (χ4v) is 2.25. The molecule has 0 heterocycles. The van der Waals surface area contributed by atoms with Crippen LogP contribution in [0.4, 0.5) is 0 Å². The number of likely N-dealkylation sites (N-methyl/N-ethyl adjacent to an activating group) is 1. The molecule has 5 heteroatoms. The third kappa shape index (κ3) is 9.55. The maximum absolute atomic E-state index is 4.71. The van der Waals surface area contributed by atoms with Crippen LogP contribution in [0.2, 0.25) is 0 Å². The Labute approximate surface area is 148 Å². The Balaban J connectivity index is 0.00000400. The van der Waals surface area contributed by atoms with Crippen molar-refractivity contribution < 1.29 is 0 Å². The summed E-state index contributed by atoms with van der Waals surface area (Å²) in [6.45, 7) is 11.7. The summed E-state index contributed by atoms with van der Waals surface area (Å²) >= 11 is 0. The van der Waals surface area contributed by atoms with Crippen LogP contribution in [0, 0.1) is 5.92 Å². The van der Waals surface area contributed by atoms with E-state index in [2.05, 4.69) is 50.3 Å². The molecule has 1 fully saturated rings. The first-order valence-electron chi connectivity index (χ1n) is 8.28. The van der Waals surface area contributed by atoms with E-state index >= 15 is 0 Å². The predicted molar refractivity (Wildman–Crippen MR) is 104 cm³/mol. The molecular weight excluding hydrogens is 375 g/mol. The number of nitrogens with zero attached hydrogens (tertiary/aromatic N) is 2. The molecule has 21 heavy (non-hydrogen) atoms. The number of hydrogen-bond donors (Lipinski definition) is 2. The maximum atomic E-state index is 4.71. The van der Waals surface area contributed by atoms with Crippen molar-refractivity contribution in [2.45, 2.75) is 65.5 Å². The highest BCUT2D eigenvalue weighted by molar-refractivity contribution is 14.0. The minimum absolute atomic E-state index is 0. The van der Waals surface area contributed by atoms with Crippen molar-refractivity contribution in [1.82, 2.24) is 15.5 Å². The number of rotatable bonds is 9. The van der Waals surface area contributed by atoms with Crippen LogP contribution in [0.3, 0.4) is 0 Å². The van der Waals surface area contributed by atoms with Gasteiger partial charge in [-0.1, -0.05) is 13.8 Å². The number of halogens is 1. The van der Waals surface area contributed by atoms with Gasteiger partial charge < -0.3 is 10.6 Å². The summed E-state index contributed by atoms with van der Waals surface area (Å²) in [6, 6.07) is 1.33. The van der Waals surface area contributed by atoms with Gasteiger partial charge in [0.05, 0.1) is 6.54 Å². The monoisotopic (exact) mass is 410 g/mol. The molecule has 0 aromatic carbocycles. The summed E-state index contributed by atoms with van der Waals surface area (Å²) in [5, 5.41) is 6.77. The van der Waals surface area contributed by atoms with Gasteiger partial charge in [0.15, 0.2) is 5.96 Å². The highest BCUT2D eigenvalue weighted by atomic mass is 127. The molecule has 1 saturated carbocycles. The van der Waals surface area contributed by atoms with Crippen molar-refractivity contribution in [2.75, 3.05) is 26.7 Å². The Morgan fingerprint density at radius 1 is 1.24 bits per heavy atom. The Hall–Kier alpha value is -0.0400. The van der Waals surface area contributed by atoms with Crippen LogP contribution in [-0.4, -0.2) is 49.6 Å². The van der Waals surface area contributed by atoms with E-state index < -0.39 is 0 Å². The highest BCUT2D eigenvalue weighted by Gasteiger charge is 2.28. The van der Waals surface area contributed by atoms with E-state index in [1.54, 1.807) is 0 Å². The van der Waals surface area contributed by atoms with Crippen LogP contribution < -0.4 is 10.6 Å². The predicted octanol–water partition coefficient (Wildman–Crippen LogP) is 3.08. The van der Waals surface area contributed by atoms with Crippen molar-refractivity contribution in [1.29, 1.82) is 0 Å². The molecule has 4 nitrogen and oxygen atoms in total. The Bertz CT molecular complexity index is 290. The van der Waals surface area contributed by atoms with Crippen LogP contribution >= 0.6 is 24.0 Å². The topological polar surface area (TPSA) is 39.7 Å². The van der Waals surface area contributed by atoms with E-state index in [1.807, 2.05) is 0 Å². The van der Waals surface area contributed by atoms with Gasteiger partial charge in [-0.2, -0.15) is 0 Å². The molecule has 0 amide bonds. The molecule has 0 bridgehead atoms. The molecule has 0 radical (unpaired) electrons. The number of nitrogens with one attached hydrogen (secondary N) is 2. The third-order valence-corrected chi connectivity index (χ3v) is 3.93. The minimum Gasteiger partial charge on any atom is -0.357 e. The van der Waals surface area contributed by atoms with Crippen molar-refractivity contribution in [3.8, 4) is 0 Å². The second kappa shape index (κ2) is 11.5. The van der Waals surface area contributed by atoms with Gasteiger partial charge in [0.25, 0.3) is 0 Å². The lowest BCUT2D eigenvalue weighted by Gasteiger charge is -2.23. The molecule has 1 atom stereocenters. The van der Waals surface area contributed by atoms with Gasteiger partial charge in [0.1, 0.15) is 0 Å². The molecule has 0 aromatic rings. The normalized spacial score (nSPS) is 16.8. The van der Waals surface area contributed by atoms with Gasteiger partial charge in [-0.3, -0.25) is 9.89 Å². The molecule has 1 aliphatic rings. The van der Waals surface area contributed by atoms with Crippen molar-refractivity contribution >= 4 is 29.9 Å². The third-order valence-electron chi connectivity index (χ3n) is 3.93. The SMILES string of the molecule is CCNC(=NCC(C)N(C)C1CC1)NCCCC(C)C.I. The fraction of sp³-hybridized carbons (Fsp3) is 0.938. The molecule has 1 rings (SSSR count). The quantitative estimate of drug-likeness (QED) is 0.266. The van der Waals surface area contributed by atoms with Gasteiger partial charge in [0.2, 0.25) is 0 Å².